The van der Waals surface area contributed by atoms with Crippen molar-refractivity contribution in [3.05, 3.63) is 35.9 Å². The zero-order valence-electron chi connectivity index (χ0n) is 15.6. The van der Waals surface area contributed by atoms with Gasteiger partial charge in [-0.05, 0) is 22.8 Å². The van der Waals surface area contributed by atoms with Crippen LogP contribution < -0.4 is 0 Å². The summed E-state index contributed by atoms with van der Waals surface area (Å²) < 4.78 is 46.7. The Balaban J connectivity index is 1.85. The zero-order valence-corrected chi connectivity index (χ0v) is 9.63. The summed E-state index contributed by atoms with van der Waals surface area (Å²) in [7, 11) is 0. The average molecular weight is 237 g/mol. The van der Waals surface area contributed by atoms with Crippen molar-refractivity contribution >= 4 is 0 Å². The minimum atomic E-state index is -2.54. The van der Waals surface area contributed by atoms with E-state index in [-0.39, 0.29) is 6.61 Å². The fourth-order valence-electron chi connectivity index (χ4n) is 3.16. The molecule has 92 valence electrons. The summed E-state index contributed by atoms with van der Waals surface area (Å²) in [4.78, 5) is 2.01. The normalized spacial score (nSPS) is 41.4. The molecule has 0 aromatic heterocycles. The molecule has 1 aromatic carbocycles. The molecule has 1 aromatic rings. The fraction of sp³-hybridized carbons (Fsp3) is 0.600. The predicted molar refractivity (Wildman–Crippen MR) is 68.5 cm³/mol. The van der Waals surface area contributed by atoms with E-state index in [0.717, 1.165) is 5.56 Å². The number of nitrogens with zero attached hydrogens (tertiary/aromatic N) is 1. The van der Waals surface area contributed by atoms with Crippen LogP contribution in [-0.2, 0) is 6.54 Å². The van der Waals surface area contributed by atoms with Crippen molar-refractivity contribution in [1.29, 1.82) is 0 Å². The molecule has 2 aliphatic rings. The molecular formula is C15H21NO. The molecule has 0 bridgehead atoms. The van der Waals surface area contributed by atoms with Crippen LogP contribution in [0.15, 0.2) is 30.3 Å². The summed E-state index contributed by atoms with van der Waals surface area (Å²) in [5.74, 6) is -0.917. The summed E-state index contributed by atoms with van der Waals surface area (Å²) >= 11 is 0. The van der Waals surface area contributed by atoms with Crippen molar-refractivity contribution in [2.45, 2.75) is 26.3 Å². The number of rotatable bonds is 3. The highest BCUT2D eigenvalue weighted by Crippen LogP contribution is 2.64. The Morgan fingerprint density at radius 2 is 2.18 bits per heavy atom. The lowest BCUT2D eigenvalue weighted by molar-refractivity contribution is 0.110. The Bertz CT molecular complexity index is 556. The maximum Gasteiger partial charge on any atom is 0.0590 e. The van der Waals surface area contributed by atoms with Gasteiger partial charge in [0.05, 0.1) is 6.61 Å². The maximum atomic E-state index is 9.77. The smallest absolute Gasteiger partial charge is 0.0590 e. The largest absolute Gasteiger partial charge is 0.395 e. The van der Waals surface area contributed by atoms with E-state index >= 15 is 0 Å². The lowest BCUT2D eigenvalue weighted by atomic mass is 10.0. The first-order chi connectivity index (χ1) is 10.6. The Kier molecular flexibility index (Phi) is 1.43. The van der Waals surface area contributed by atoms with E-state index in [0.29, 0.717) is 13.1 Å². The Morgan fingerprint density at radius 1 is 1.41 bits per heavy atom. The van der Waals surface area contributed by atoms with Crippen molar-refractivity contribution in [2.75, 3.05) is 13.2 Å². The summed E-state index contributed by atoms with van der Waals surface area (Å²) in [5, 5.41) is 9.77. The van der Waals surface area contributed by atoms with Gasteiger partial charge in [-0.3, -0.25) is 4.90 Å². The van der Waals surface area contributed by atoms with Crippen LogP contribution in [0.2, 0.25) is 0 Å². The lowest BCUT2D eigenvalue weighted by Crippen LogP contribution is -2.38. The van der Waals surface area contributed by atoms with Crippen LogP contribution in [-0.4, -0.2) is 29.2 Å². The van der Waals surface area contributed by atoms with E-state index in [4.69, 9.17) is 8.22 Å². The molecule has 1 saturated carbocycles. The van der Waals surface area contributed by atoms with Crippen LogP contribution in [0.4, 0.5) is 0 Å². The number of aliphatic hydroxyl groups excluding tert-OH is 1. The number of fused-ring (bicyclic) bond motifs is 1. The third-order valence-electron chi connectivity index (χ3n) is 4.17. The molecule has 3 rings (SSSR count). The second-order valence-corrected chi connectivity index (χ2v) is 5.17. The van der Waals surface area contributed by atoms with Crippen LogP contribution in [0.5, 0.6) is 0 Å². The van der Waals surface area contributed by atoms with Crippen LogP contribution in [0, 0.1) is 17.3 Å². The van der Waals surface area contributed by atoms with E-state index in [2.05, 4.69) is 0 Å². The number of piperidine rings is 1. The van der Waals surface area contributed by atoms with E-state index in [1.54, 1.807) is 0 Å². The van der Waals surface area contributed by atoms with E-state index < -0.39 is 37.0 Å². The van der Waals surface area contributed by atoms with Crippen LogP contribution in [0.3, 0.4) is 0 Å². The molecule has 1 saturated heterocycles. The van der Waals surface area contributed by atoms with Crippen molar-refractivity contribution in [2.24, 2.45) is 17.3 Å². The molecule has 1 N–H and O–H groups in total. The minimum absolute atomic E-state index is 0.220. The Labute approximate surface area is 112 Å². The van der Waals surface area contributed by atoms with Gasteiger partial charge in [-0.25, -0.2) is 0 Å². The van der Waals surface area contributed by atoms with Crippen molar-refractivity contribution in [3.8, 4) is 0 Å². The lowest BCUT2D eigenvalue weighted by Gasteiger charge is -2.29. The summed E-state index contributed by atoms with van der Waals surface area (Å²) in [6.45, 7) is -4.31. The first-order valence-electron chi connectivity index (χ1n) is 9.03. The van der Waals surface area contributed by atoms with E-state index in [9.17, 15) is 5.11 Å². The highest BCUT2D eigenvalue weighted by atomic mass is 16.3. The van der Waals surface area contributed by atoms with Gasteiger partial charge in [0.1, 0.15) is 0 Å². The standard InChI is InChI=1S/C15H21NO/c1-15(2)12-9-16(13(10-17)14(12)15)8-11-6-4-3-5-7-11/h3-7,12-14,17H,8-10H2,1-2H3/t12-,13+,14-/m0/s1/i1D3,2D3. The zero-order chi connectivity index (χ0) is 17.0. The predicted octanol–water partition coefficient (Wildman–Crippen LogP) is 2.14. The topological polar surface area (TPSA) is 23.5 Å². The van der Waals surface area contributed by atoms with E-state index in [1.165, 1.54) is 0 Å². The molecule has 2 heteroatoms. The number of hydrogen-bond donors (Lipinski definition) is 1. The van der Waals surface area contributed by atoms with Gasteiger partial charge in [-0.15, -0.1) is 0 Å². The van der Waals surface area contributed by atoms with Gasteiger partial charge in [-0.1, -0.05) is 44.0 Å². The molecule has 1 aliphatic carbocycles. The molecule has 3 atom stereocenters. The molecule has 2 nitrogen and oxygen atoms in total. The van der Waals surface area contributed by atoms with Crippen LogP contribution in [0.1, 0.15) is 27.5 Å². The molecule has 0 amide bonds. The quantitative estimate of drug-likeness (QED) is 0.870. The van der Waals surface area contributed by atoms with Gasteiger partial charge < -0.3 is 5.11 Å². The maximum absolute atomic E-state index is 9.77. The average Bonchev–Trinajstić information content (AvgIpc) is 2.99. The van der Waals surface area contributed by atoms with Crippen molar-refractivity contribution < 1.29 is 13.3 Å². The van der Waals surface area contributed by atoms with Crippen LogP contribution >= 0.6 is 0 Å². The molecule has 1 heterocycles. The fourth-order valence-corrected chi connectivity index (χ4v) is 3.16. The van der Waals surface area contributed by atoms with Gasteiger partial charge in [-0.2, -0.15) is 0 Å². The van der Waals surface area contributed by atoms with Crippen molar-refractivity contribution in [3.63, 3.8) is 0 Å². The number of aliphatic hydroxyl groups is 1. The molecule has 17 heavy (non-hydrogen) atoms. The number of benzene rings is 1. The third kappa shape index (κ3) is 1.71. The second kappa shape index (κ2) is 3.82. The highest BCUT2D eigenvalue weighted by Gasteiger charge is 2.66. The third-order valence-corrected chi connectivity index (χ3v) is 4.17. The SMILES string of the molecule is [2H]C([2H])([2H])C1(C([2H])([2H])[2H])[C@@H]2[C@@H](CO)N(Cc3ccccc3)C[C@@H]21. The monoisotopic (exact) mass is 237 g/mol. The van der Waals surface area contributed by atoms with E-state index in [1.807, 2.05) is 35.2 Å². The molecule has 0 radical (unpaired) electrons. The molecular weight excluding hydrogens is 210 g/mol. The number of likely N-dealkylation sites (tertiary alicyclic amines) is 1. The van der Waals surface area contributed by atoms with Crippen molar-refractivity contribution in [1.82, 2.24) is 4.90 Å². The minimum Gasteiger partial charge on any atom is -0.395 e. The summed E-state index contributed by atoms with van der Waals surface area (Å²) in [6.07, 6.45) is 0. The van der Waals surface area contributed by atoms with Gasteiger partial charge in [0.2, 0.25) is 0 Å². The first-order valence-corrected chi connectivity index (χ1v) is 6.03. The van der Waals surface area contributed by atoms with Crippen LogP contribution in [0.25, 0.3) is 0 Å². The summed E-state index contributed by atoms with van der Waals surface area (Å²) in [5.41, 5.74) is -0.596. The van der Waals surface area contributed by atoms with Gasteiger partial charge in [0.25, 0.3) is 0 Å². The molecule has 0 unspecified atom stereocenters. The molecule has 1 aliphatic heterocycles. The Morgan fingerprint density at radius 3 is 2.82 bits per heavy atom. The Hall–Kier alpha value is -0.860. The molecule has 0 spiro atoms. The highest BCUT2D eigenvalue weighted by molar-refractivity contribution is 5.19. The first kappa shape index (κ1) is 6.35. The van der Waals surface area contributed by atoms with Gasteiger partial charge in [0.15, 0.2) is 0 Å². The van der Waals surface area contributed by atoms with Gasteiger partial charge >= 0.3 is 0 Å². The number of hydrogen-bond acceptors (Lipinski definition) is 2. The van der Waals surface area contributed by atoms with Gasteiger partial charge in [0, 0.05) is 27.4 Å². The second-order valence-electron chi connectivity index (χ2n) is 5.17. The summed E-state index contributed by atoms with van der Waals surface area (Å²) in [6, 6.07) is 9.30. The molecule has 2 fully saturated rings.